The quantitative estimate of drug-likeness (QED) is 0.0965. The minimum atomic E-state index is -2.41. The first-order valence-electron chi connectivity index (χ1n) is 7.60. The van der Waals surface area contributed by atoms with Gasteiger partial charge in [0.2, 0.25) is 5.79 Å². The SMILES string of the molecule is [N-]=[N+]=NOC[C@H]1OC(OC[C@@]2(O)O[C@H](CO)[C@@H](O)[C@@H]2O)[C@H](O)[C@@H](O)[C@@H]1O. The molecule has 14 heteroatoms. The summed E-state index contributed by atoms with van der Waals surface area (Å²) in [5, 5.41) is 71.1. The standard InChI is InChI=1S/C12H21N3O11/c13-14-15-24-2-5-6(17)8(19)9(20)11(25-5)23-3-12(22)10(21)7(18)4(1-16)26-12/h4-11,16-22H,1-3H2/t4-,5-,6-,7-,8+,9-,10+,11?,12-/m1/s1. The van der Waals surface area contributed by atoms with Crippen molar-refractivity contribution in [2.24, 2.45) is 5.28 Å². The number of aliphatic hydroxyl groups excluding tert-OH is 6. The van der Waals surface area contributed by atoms with E-state index in [0.29, 0.717) is 0 Å². The normalized spacial score (nSPS) is 46.0. The monoisotopic (exact) mass is 383 g/mol. The molecule has 9 atom stereocenters. The Morgan fingerprint density at radius 2 is 1.73 bits per heavy atom. The molecule has 2 saturated heterocycles. The highest BCUT2D eigenvalue weighted by molar-refractivity contribution is 4.96. The average molecular weight is 383 g/mol. The first kappa shape index (κ1) is 21.0. The summed E-state index contributed by atoms with van der Waals surface area (Å²) in [5.41, 5.74) is 8.14. The van der Waals surface area contributed by atoms with Gasteiger partial charge >= 0.3 is 0 Å². The van der Waals surface area contributed by atoms with Crippen molar-refractivity contribution in [1.29, 1.82) is 0 Å². The zero-order valence-corrected chi connectivity index (χ0v) is 13.3. The number of hydrogen-bond donors (Lipinski definition) is 7. The Labute approximate surface area is 146 Å². The summed E-state index contributed by atoms with van der Waals surface area (Å²) in [7, 11) is 0. The molecule has 0 aromatic heterocycles. The zero-order valence-electron chi connectivity index (χ0n) is 13.3. The minimum Gasteiger partial charge on any atom is -0.431 e. The molecular weight excluding hydrogens is 362 g/mol. The molecule has 2 rings (SSSR count). The highest BCUT2D eigenvalue weighted by Crippen LogP contribution is 2.31. The second-order valence-electron chi connectivity index (χ2n) is 5.91. The van der Waals surface area contributed by atoms with E-state index in [0.717, 1.165) is 0 Å². The molecule has 0 amide bonds. The van der Waals surface area contributed by atoms with Gasteiger partial charge in [-0.3, -0.25) is 0 Å². The predicted octanol–water partition coefficient (Wildman–Crippen LogP) is -4.15. The molecule has 2 heterocycles. The molecule has 150 valence electrons. The van der Waals surface area contributed by atoms with Crippen molar-refractivity contribution in [2.75, 3.05) is 19.8 Å². The molecule has 2 aliphatic rings. The number of ether oxygens (including phenoxy) is 3. The largest absolute Gasteiger partial charge is 0.431 e. The smallest absolute Gasteiger partial charge is 0.219 e. The number of azide groups is 1. The van der Waals surface area contributed by atoms with E-state index < -0.39 is 74.6 Å². The lowest BCUT2D eigenvalue weighted by Crippen LogP contribution is -2.60. The third kappa shape index (κ3) is 4.16. The van der Waals surface area contributed by atoms with Crippen LogP contribution in [0.1, 0.15) is 0 Å². The molecule has 0 radical (unpaired) electrons. The Morgan fingerprint density at radius 3 is 2.31 bits per heavy atom. The Morgan fingerprint density at radius 1 is 1.04 bits per heavy atom. The maximum Gasteiger partial charge on any atom is 0.219 e. The molecule has 0 aromatic rings. The van der Waals surface area contributed by atoms with Crippen LogP contribution in [0.5, 0.6) is 0 Å². The second kappa shape index (κ2) is 8.60. The van der Waals surface area contributed by atoms with E-state index in [-0.39, 0.29) is 0 Å². The van der Waals surface area contributed by atoms with Gasteiger partial charge in [-0.25, -0.2) is 0 Å². The second-order valence-corrected chi connectivity index (χ2v) is 5.91. The van der Waals surface area contributed by atoms with Gasteiger partial charge in [0.1, 0.15) is 61.2 Å². The van der Waals surface area contributed by atoms with Crippen LogP contribution < -0.4 is 0 Å². The Hall–Kier alpha value is -1.29. The van der Waals surface area contributed by atoms with E-state index in [1.54, 1.807) is 0 Å². The van der Waals surface area contributed by atoms with Gasteiger partial charge in [-0.15, -0.1) is 0 Å². The molecule has 7 N–H and O–H groups in total. The lowest BCUT2D eigenvalue weighted by atomic mass is 9.99. The first-order chi connectivity index (χ1) is 12.2. The molecule has 2 fully saturated rings. The van der Waals surface area contributed by atoms with Crippen molar-refractivity contribution in [3.63, 3.8) is 0 Å². The number of aliphatic hydroxyl groups is 7. The molecule has 2 aliphatic heterocycles. The molecule has 14 nitrogen and oxygen atoms in total. The third-order valence-corrected chi connectivity index (χ3v) is 4.16. The molecule has 0 spiro atoms. The molecular formula is C12H21N3O11. The zero-order chi connectivity index (χ0) is 19.5. The number of nitrogens with zero attached hydrogens (tertiary/aromatic N) is 3. The highest BCUT2D eigenvalue weighted by atomic mass is 16.7. The lowest BCUT2D eigenvalue weighted by molar-refractivity contribution is -0.333. The van der Waals surface area contributed by atoms with Crippen molar-refractivity contribution >= 4 is 0 Å². The van der Waals surface area contributed by atoms with Crippen LogP contribution in [0.2, 0.25) is 0 Å². The Kier molecular flexibility index (Phi) is 6.95. The summed E-state index contributed by atoms with van der Waals surface area (Å²) in [6.07, 6.45) is -12.5. The van der Waals surface area contributed by atoms with Crippen LogP contribution in [0.15, 0.2) is 5.28 Å². The summed E-state index contributed by atoms with van der Waals surface area (Å²) in [5.74, 6) is -2.41. The summed E-state index contributed by atoms with van der Waals surface area (Å²) >= 11 is 0. The van der Waals surface area contributed by atoms with Gasteiger partial charge in [-0.05, 0) is 5.53 Å². The molecule has 26 heavy (non-hydrogen) atoms. The van der Waals surface area contributed by atoms with E-state index in [9.17, 15) is 30.6 Å². The number of rotatable bonds is 7. The number of hydrogen-bond acceptors (Lipinski definition) is 12. The Bertz CT molecular complexity index is 521. The van der Waals surface area contributed by atoms with Gasteiger partial charge in [-0.1, -0.05) is 0 Å². The topological polar surface area (TPSA) is 227 Å². The van der Waals surface area contributed by atoms with E-state index in [2.05, 4.69) is 15.0 Å². The molecule has 0 saturated carbocycles. The van der Waals surface area contributed by atoms with Gasteiger partial charge in [0.05, 0.1) is 6.61 Å². The first-order valence-corrected chi connectivity index (χ1v) is 7.60. The van der Waals surface area contributed by atoms with E-state index in [1.165, 1.54) is 0 Å². The third-order valence-electron chi connectivity index (χ3n) is 4.16. The fourth-order valence-electron chi connectivity index (χ4n) is 2.66. The average Bonchev–Trinajstić information content (AvgIpc) is 2.85. The maximum absolute atomic E-state index is 10.2. The minimum absolute atomic E-state index is 0.469. The van der Waals surface area contributed by atoms with E-state index >= 15 is 0 Å². The Balaban J connectivity index is 1.99. The van der Waals surface area contributed by atoms with Gasteiger partial charge in [0.15, 0.2) is 6.29 Å². The summed E-state index contributed by atoms with van der Waals surface area (Å²) in [6, 6.07) is 0. The molecule has 0 aromatic carbocycles. The summed E-state index contributed by atoms with van der Waals surface area (Å²) in [6.45, 7) is -1.95. The van der Waals surface area contributed by atoms with Crippen LogP contribution in [0, 0.1) is 0 Å². The van der Waals surface area contributed by atoms with Crippen molar-refractivity contribution < 1.29 is 54.8 Å². The van der Waals surface area contributed by atoms with Gasteiger partial charge < -0.3 is 54.8 Å². The predicted molar refractivity (Wildman–Crippen MR) is 76.7 cm³/mol. The molecule has 0 bridgehead atoms. The van der Waals surface area contributed by atoms with Crippen LogP contribution in [0.4, 0.5) is 0 Å². The van der Waals surface area contributed by atoms with Crippen molar-refractivity contribution in [3.05, 3.63) is 10.4 Å². The van der Waals surface area contributed by atoms with Gasteiger partial charge in [0, 0.05) is 4.91 Å². The molecule has 0 aliphatic carbocycles. The summed E-state index contributed by atoms with van der Waals surface area (Å²) < 4.78 is 15.3. The van der Waals surface area contributed by atoms with Crippen LogP contribution in [0.25, 0.3) is 10.4 Å². The highest BCUT2D eigenvalue weighted by Gasteiger charge is 2.54. The van der Waals surface area contributed by atoms with E-state index in [1.807, 2.05) is 0 Å². The van der Waals surface area contributed by atoms with Crippen molar-refractivity contribution in [3.8, 4) is 0 Å². The lowest BCUT2D eigenvalue weighted by Gasteiger charge is -2.40. The van der Waals surface area contributed by atoms with Crippen molar-refractivity contribution in [1.82, 2.24) is 0 Å². The van der Waals surface area contributed by atoms with Crippen LogP contribution in [0.3, 0.4) is 0 Å². The van der Waals surface area contributed by atoms with Gasteiger partial charge in [0.25, 0.3) is 0 Å². The van der Waals surface area contributed by atoms with E-state index in [4.69, 9.17) is 24.8 Å². The fraction of sp³-hybridized carbons (Fsp3) is 1.00. The van der Waals surface area contributed by atoms with Crippen molar-refractivity contribution in [2.45, 2.75) is 54.8 Å². The maximum atomic E-state index is 10.2. The van der Waals surface area contributed by atoms with Crippen LogP contribution in [-0.4, -0.2) is 110 Å². The fourth-order valence-corrected chi connectivity index (χ4v) is 2.66. The summed E-state index contributed by atoms with van der Waals surface area (Å²) in [4.78, 5) is 6.81. The van der Waals surface area contributed by atoms with Crippen LogP contribution in [-0.2, 0) is 19.0 Å². The van der Waals surface area contributed by atoms with Crippen LogP contribution >= 0.6 is 0 Å². The molecule has 1 unspecified atom stereocenters. The van der Waals surface area contributed by atoms with Gasteiger partial charge in [-0.2, -0.15) is 0 Å².